The summed E-state index contributed by atoms with van der Waals surface area (Å²) in [6.07, 6.45) is 14.2. The van der Waals surface area contributed by atoms with Crippen LogP contribution in [0, 0.1) is 0 Å². The highest BCUT2D eigenvalue weighted by atomic mass is 16.1. The molecule has 110 valence electrons. The first-order valence-corrected chi connectivity index (χ1v) is 7.99. The fourth-order valence-corrected chi connectivity index (χ4v) is 3.60. The molecule has 0 bridgehead atoms. The molecule has 0 saturated heterocycles. The van der Waals surface area contributed by atoms with E-state index in [0.717, 1.165) is 62.5 Å². The molecule has 0 saturated carbocycles. The molecule has 4 aliphatic carbocycles. The minimum atomic E-state index is 0.356. The van der Waals surface area contributed by atoms with Crippen molar-refractivity contribution in [2.45, 2.75) is 58.3 Å². The number of ketones is 2. The molecule has 0 radical (unpaired) electrons. The van der Waals surface area contributed by atoms with E-state index in [1.54, 1.807) is 0 Å². The van der Waals surface area contributed by atoms with Gasteiger partial charge in [-0.25, -0.2) is 0 Å². The number of rotatable bonds is 0. The van der Waals surface area contributed by atoms with Gasteiger partial charge in [0.15, 0.2) is 11.6 Å². The van der Waals surface area contributed by atoms with Crippen molar-refractivity contribution in [1.29, 1.82) is 0 Å². The molecule has 4 rings (SSSR count). The second kappa shape index (κ2) is 5.97. The van der Waals surface area contributed by atoms with Gasteiger partial charge in [-0.3, -0.25) is 9.59 Å². The maximum atomic E-state index is 11.3. The van der Waals surface area contributed by atoms with E-state index in [1.807, 2.05) is 6.08 Å². The summed E-state index contributed by atoms with van der Waals surface area (Å²) in [7, 11) is 0. The van der Waals surface area contributed by atoms with Crippen molar-refractivity contribution < 1.29 is 9.59 Å². The molecule has 0 aromatic rings. The molecule has 0 fully saturated rings. The van der Waals surface area contributed by atoms with Crippen LogP contribution in [-0.4, -0.2) is 11.6 Å². The first kappa shape index (κ1) is 14.2. The summed E-state index contributed by atoms with van der Waals surface area (Å²) in [4.78, 5) is 22.5. The van der Waals surface area contributed by atoms with Crippen molar-refractivity contribution in [3.05, 3.63) is 46.1 Å². The van der Waals surface area contributed by atoms with Gasteiger partial charge in [0.05, 0.1) is 0 Å². The highest BCUT2D eigenvalue weighted by Crippen LogP contribution is 2.33. The Morgan fingerprint density at radius 3 is 2.19 bits per heavy atom. The fourth-order valence-electron chi connectivity index (χ4n) is 3.60. The normalized spacial score (nSPS) is 23.8. The highest BCUT2D eigenvalue weighted by molar-refractivity contribution is 6.01. The van der Waals surface area contributed by atoms with Gasteiger partial charge < -0.3 is 0 Å². The lowest BCUT2D eigenvalue weighted by Crippen LogP contribution is -2.07. The van der Waals surface area contributed by atoms with Gasteiger partial charge in [0.2, 0.25) is 0 Å². The lowest BCUT2D eigenvalue weighted by Gasteiger charge is -2.11. The van der Waals surface area contributed by atoms with Gasteiger partial charge in [0.1, 0.15) is 0 Å². The third-order valence-corrected chi connectivity index (χ3v) is 4.66. The lowest BCUT2D eigenvalue weighted by atomic mass is 9.92. The second-order valence-electron chi connectivity index (χ2n) is 6.36. The molecule has 0 unspecified atom stereocenters. The molecule has 0 N–H and O–H groups in total. The minimum Gasteiger partial charge on any atom is -0.294 e. The smallest absolute Gasteiger partial charge is 0.162 e. The predicted octanol–water partition coefficient (Wildman–Crippen LogP) is 4.38. The summed E-state index contributed by atoms with van der Waals surface area (Å²) in [5, 5.41) is 0. The highest BCUT2D eigenvalue weighted by Gasteiger charge is 2.22. The van der Waals surface area contributed by atoms with E-state index < -0.39 is 0 Å². The van der Waals surface area contributed by atoms with E-state index in [9.17, 15) is 9.59 Å². The molecule has 4 aliphatic rings. The van der Waals surface area contributed by atoms with Crippen molar-refractivity contribution in [1.82, 2.24) is 0 Å². The third kappa shape index (κ3) is 2.99. The van der Waals surface area contributed by atoms with Crippen LogP contribution in [0.5, 0.6) is 0 Å². The zero-order chi connectivity index (χ0) is 14.8. The van der Waals surface area contributed by atoms with Crippen LogP contribution < -0.4 is 0 Å². The van der Waals surface area contributed by atoms with E-state index in [1.165, 1.54) is 16.7 Å². The zero-order valence-corrected chi connectivity index (χ0v) is 12.7. The first-order chi connectivity index (χ1) is 10.1. The summed E-state index contributed by atoms with van der Waals surface area (Å²) >= 11 is 0. The molecule has 0 amide bonds. The number of Topliss-reactive ketones (excluding diaryl/α,β-unsaturated/α-hetero) is 2. The van der Waals surface area contributed by atoms with Crippen LogP contribution in [0.1, 0.15) is 58.3 Å². The average molecular weight is 282 g/mol. The molecule has 0 aromatic heterocycles. The first-order valence-electron chi connectivity index (χ1n) is 7.99. The van der Waals surface area contributed by atoms with E-state index in [2.05, 4.69) is 19.1 Å². The van der Waals surface area contributed by atoms with Gasteiger partial charge in [-0.15, -0.1) is 0 Å². The molecule has 0 heterocycles. The Kier molecular flexibility index (Phi) is 4.05. The fraction of sp³-hybridized carbons (Fsp3) is 0.474. The van der Waals surface area contributed by atoms with Crippen LogP contribution in [0.15, 0.2) is 46.1 Å². The quantitative estimate of drug-likeness (QED) is 0.660. The molecule has 0 atom stereocenters. The average Bonchev–Trinajstić information content (AvgIpc) is 3.06. The monoisotopic (exact) mass is 282 g/mol. The molecular weight excluding hydrogens is 260 g/mol. The molecular formula is C19H22O2. The number of carbonyl (C=O) groups is 2. The Hall–Kier alpha value is -1.70. The number of hydrogen-bond acceptors (Lipinski definition) is 2. The van der Waals surface area contributed by atoms with Gasteiger partial charge in [-0.05, 0) is 45.4 Å². The van der Waals surface area contributed by atoms with Crippen molar-refractivity contribution in [3.8, 4) is 0 Å². The van der Waals surface area contributed by atoms with Gasteiger partial charge in [0.25, 0.3) is 0 Å². The zero-order valence-electron chi connectivity index (χ0n) is 12.7. The van der Waals surface area contributed by atoms with Crippen LogP contribution in [-0.2, 0) is 9.59 Å². The maximum Gasteiger partial charge on any atom is 0.162 e. The predicted molar refractivity (Wildman–Crippen MR) is 83.9 cm³/mol. The van der Waals surface area contributed by atoms with Crippen molar-refractivity contribution in [2.75, 3.05) is 0 Å². The van der Waals surface area contributed by atoms with Gasteiger partial charge >= 0.3 is 0 Å². The molecule has 0 aromatic carbocycles. The Bertz CT molecular complexity index is 611. The number of hydrogen-bond donors (Lipinski definition) is 0. The van der Waals surface area contributed by atoms with Crippen molar-refractivity contribution in [2.24, 2.45) is 0 Å². The Balaban J connectivity index is 0.000000126. The van der Waals surface area contributed by atoms with Gasteiger partial charge in [-0.2, -0.15) is 0 Å². The summed E-state index contributed by atoms with van der Waals surface area (Å²) in [5.74, 6) is 0.720. The Morgan fingerprint density at radius 2 is 1.52 bits per heavy atom. The SMILES string of the molecule is CC1=CC2=C(CCCC2=O)C1.O=C1CCCC2=C1C=CC2. The molecule has 0 aliphatic heterocycles. The summed E-state index contributed by atoms with van der Waals surface area (Å²) in [6, 6.07) is 0. The largest absolute Gasteiger partial charge is 0.294 e. The van der Waals surface area contributed by atoms with E-state index >= 15 is 0 Å². The van der Waals surface area contributed by atoms with Gasteiger partial charge in [0, 0.05) is 24.0 Å². The van der Waals surface area contributed by atoms with Crippen LogP contribution in [0.25, 0.3) is 0 Å². The molecule has 2 heteroatoms. The maximum absolute atomic E-state index is 11.3. The van der Waals surface area contributed by atoms with E-state index in [0.29, 0.717) is 11.6 Å². The lowest BCUT2D eigenvalue weighted by molar-refractivity contribution is -0.116. The summed E-state index contributed by atoms with van der Waals surface area (Å²) in [5.41, 5.74) is 6.17. The topological polar surface area (TPSA) is 34.1 Å². The van der Waals surface area contributed by atoms with Crippen LogP contribution in [0.3, 0.4) is 0 Å². The van der Waals surface area contributed by atoms with Crippen molar-refractivity contribution in [3.63, 3.8) is 0 Å². The van der Waals surface area contributed by atoms with Crippen LogP contribution >= 0.6 is 0 Å². The number of allylic oxidation sites excluding steroid dienone is 8. The van der Waals surface area contributed by atoms with E-state index in [-0.39, 0.29) is 0 Å². The third-order valence-electron chi connectivity index (χ3n) is 4.66. The molecule has 21 heavy (non-hydrogen) atoms. The standard InChI is InChI=1S/C10H12O.C9H10O/c1-7-5-8-3-2-4-10(11)9(8)6-7;10-9-6-2-4-7-3-1-5-8(7)9/h6H,2-5H2,1H3;1,5H,2-4,6H2. The number of carbonyl (C=O) groups excluding carboxylic acids is 2. The molecule has 2 nitrogen and oxygen atoms in total. The van der Waals surface area contributed by atoms with Gasteiger partial charge in [-0.1, -0.05) is 34.9 Å². The molecule has 0 spiro atoms. The van der Waals surface area contributed by atoms with Crippen molar-refractivity contribution >= 4 is 11.6 Å². The van der Waals surface area contributed by atoms with Crippen LogP contribution in [0.2, 0.25) is 0 Å². The van der Waals surface area contributed by atoms with E-state index in [4.69, 9.17) is 0 Å². The summed E-state index contributed by atoms with van der Waals surface area (Å²) < 4.78 is 0. The van der Waals surface area contributed by atoms with Crippen LogP contribution in [0.4, 0.5) is 0 Å². The minimum absolute atomic E-state index is 0.356. The Labute approximate surface area is 126 Å². The summed E-state index contributed by atoms with van der Waals surface area (Å²) in [6.45, 7) is 2.10. The second-order valence-corrected chi connectivity index (χ2v) is 6.36. The Morgan fingerprint density at radius 1 is 0.857 bits per heavy atom.